The summed E-state index contributed by atoms with van der Waals surface area (Å²) in [5, 5.41) is 15.1. The van der Waals surface area contributed by atoms with Gasteiger partial charge in [0.1, 0.15) is 0 Å². The fourth-order valence-corrected chi connectivity index (χ4v) is 4.08. The Morgan fingerprint density at radius 3 is 2.58 bits per heavy atom. The number of aromatic nitrogens is 3. The van der Waals surface area contributed by atoms with Gasteiger partial charge < -0.3 is 19.3 Å². The van der Waals surface area contributed by atoms with Crippen molar-refractivity contribution < 1.29 is 9.63 Å². The van der Waals surface area contributed by atoms with Crippen LogP contribution in [-0.2, 0) is 25.0 Å². The van der Waals surface area contributed by atoms with E-state index in [4.69, 9.17) is 4.84 Å². The normalized spacial score (nSPS) is 15.5. The summed E-state index contributed by atoms with van der Waals surface area (Å²) in [6, 6.07) is 8.10. The lowest BCUT2D eigenvalue weighted by Gasteiger charge is -2.33. The molecule has 2 aromatic heterocycles. The van der Waals surface area contributed by atoms with Crippen molar-refractivity contribution in [2.24, 2.45) is 7.05 Å². The van der Waals surface area contributed by atoms with E-state index in [2.05, 4.69) is 32.0 Å². The Labute approximate surface area is 194 Å². The number of fused-ring (bicyclic) bond motifs is 1. The van der Waals surface area contributed by atoms with Crippen molar-refractivity contribution in [3.05, 3.63) is 53.7 Å². The van der Waals surface area contributed by atoms with Crippen LogP contribution in [0.25, 0.3) is 10.9 Å². The van der Waals surface area contributed by atoms with Gasteiger partial charge in [-0.1, -0.05) is 6.07 Å². The third-order valence-corrected chi connectivity index (χ3v) is 5.60. The highest BCUT2D eigenvalue weighted by Crippen LogP contribution is 2.25. The Morgan fingerprint density at radius 1 is 1.18 bits per heavy atom. The molecule has 4 rings (SSSR count). The topological polar surface area (TPSA) is 91.3 Å². The summed E-state index contributed by atoms with van der Waals surface area (Å²) in [5.74, 6) is 0. The van der Waals surface area contributed by atoms with Gasteiger partial charge in [-0.25, -0.2) is 9.78 Å². The summed E-state index contributed by atoms with van der Waals surface area (Å²) in [6.45, 7) is 10.1. The zero-order valence-corrected chi connectivity index (χ0v) is 19.7. The predicted molar refractivity (Wildman–Crippen MR) is 125 cm³/mol. The van der Waals surface area contributed by atoms with Crippen molar-refractivity contribution in [1.82, 2.24) is 29.4 Å². The molecule has 9 nitrogen and oxygen atoms in total. The van der Waals surface area contributed by atoms with Crippen LogP contribution in [0.5, 0.6) is 0 Å². The molecule has 3 aromatic rings. The lowest BCUT2D eigenvalue weighted by atomic mass is 10.1. The van der Waals surface area contributed by atoms with Crippen LogP contribution in [0.15, 0.2) is 36.9 Å². The molecule has 0 aliphatic carbocycles. The summed E-state index contributed by atoms with van der Waals surface area (Å²) in [6.07, 6.45) is 5.56. The van der Waals surface area contributed by atoms with E-state index in [-0.39, 0.29) is 5.54 Å². The maximum atomic E-state index is 12.0. The number of hydrogen-bond donors (Lipinski definition) is 1. The zero-order valence-electron chi connectivity index (χ0n) is 19.7. The van der Waals surface area contributed by atoms with Crippen molar-refractivity contribution >= 4 is 17.0 Å². The highest BCUT2D eigenvalue weighted by molar-refractivity contribution is 5.85. The standard InChI is InChI=1S/C24H31N7O2/c1-24(2,3)27-23(32)33-31-9-7-29(8-10-31)13-19-14-30(16-20-15-28(4)17-26-20)22-11-18(12-25)5-6-21(19)22/h5-6,11,14-15,17H,7-10,13,16H2,1-4H3,(H,27,32). The average molecular weight is 450 g/mol. The van der Waals surface area contributed by atoms with Crippen molar-refractivity contribution in [3.63, 3.8) is 0 Å². The predicted octanol–water partition coefficient (Wildman–Crippen LogP) is 2.85. The van der Waals surface area contributed by atoms with Crippen LogP contribution in [0.4, 0.5) is 4.79 Å². The molecule has 0 spiro atoms. The maximum Gasteiger partial charge on any atom is 0.426 e. The van der Waals surface area contributed by atoms with Crippen LogP contribution < -0.4 is 5.32 Å². The van der Waals surface area contributed by atoms with Crippen LogP contribution in [0.3, 0.4) is 0 Å². The molecule has 1 aromatic carbocycles. The number of benzene rings is 1. The van der Waals surface area contributed by atoms with Gasteiger partial charge in [-0.05, 0) is 38.5 Å². The number of hydroxylamine groups is 2. The van der Waals surface area contributed by atoms with Crippen LogP contribution >= 0.6 is 0 Å². The molecule has 174 valence electrons. The second-order valence-electron chi connectivity index (χ2n) is 9.62. The van der Waals surface area contributed by atoms with E-state index in [1.165, 1.54) is 5.56 Å². The molecule has 9 heteroatoms. The van der Waals surface area contributed by atoms with Gasteiger partial charge in [0, 0.05) is 63.1 Å². The molecule has 0 saturated carbocycles. The summed E-state index contributed by atoms with van der Waals surface area (Å²) in [4.78, 5) is 24.3. The van der Waals surface area contributed by atoms with E-state index in [0.717, 1.165) is 36.2 Å². The second kappa shape index (κ2) is 9.25. The summed E-state index contributed by atoms with van der Waals surface area (Å²) in [7, 11) is 1.96. The highest BCUT2D eigenvalue weighted by atomic mass is 16.7. The molecule has 1 N–H and O–H groups in total. The van der Waals surface area contributed by atoms with Crippen molar-refractivity contribution in [2.75, 3.05) is 26.2 Å². The third-order valence-electron chi connectivity index (χ3n) is 5.60. The molecular weight excluding hydrogens is 418 g/mol. The number of hydrogen-bond acceptors (Lipinski definition) is 6. The molecule has 1 amide bonds. The minimum Gasteiger partial charge on any atom is -0.351 e. The van der Waals surface area contributed by atoms with E-state index < -0.39 is 6.09 Å². The average Bonchev–Trinajstić information content (AvgIpc) is 3.31. The molecule has 0 atom stereocenters. The number of carbonyl (C=O) groups is 1. The van der Waals surface area contributed by atoms with Gasteiger partial charge in [0.25, 0.3) is 0 Å². The first-order valence-corrected chi connectivity index (χ1v) is 11.2. The highest BCUT2D eigenvalue weighted by Gasteiger charge is 2.23. The van der Waals surface area contributed by atoms with Gasteiger partial charge in [-0.2, -0.15) is 5.26 Å². The van der Waals surface area contributed by atoms with E-state index in [9.17, 15) is 10.1 Å². The Hall–Kier alpha value is -3.35. The van der Waals surface area contributed by atoms with Gasteiger partial charge in [-0.3, -0.25) is 4.90 Å². The van der Waals surface area contributed by atoms with E-state index in [1.54, 1.807) is 11.4 Å². The number of nitrogens with one attached hydrogen (secondary N) is 1. The summed E-state index contributed by atoms with van der Waals surface area (Å²) in [5.41, 5.74) is 3.55. The molecule has 1 aliphatic heterocycles. The van der Waals surface area contributed by atoms with Crippen molar-refractivity contribution in [3.8, 4) is 6.07 Å². The number of nitrogens with zero attached hydrogens (tertiary/aromatic N) is 6. The maximum absolute atomic E-state index is 12.0. The van der Waals surface area contributed by atoms with Crippen LogP contribution in [0.2, 0.25) is 0 Å². The first-order chi connectivity index (χ1) is 15.7. The minimum atomic E-state index is -0.415. The number of aryl methyl sites for hydroxylation is 1. The summed E-state index contributed by atoms with van der Waals surface area (Å²) < 4.78 is 4.11. The van der Waals surface area contributed by atoms with Crippen LogP contribution in [0.1, 0.15) is 37.6 Å². The molecule has 33 heavy (non-hydrogen) atoms. The number of amides is 1. The van der Waals surface area contributed by atoms with Gasteiger partial charge in [0.05, 0.1) is 35.7 Å². The second-order valence-corrected chi connectivity index (χ2v) is 9.62. The molecular formula is C24H31N7O2. The quantitative estimate of drug-likeness (QED) is 0.644. The summed E-state index contributed by atoms with van der Waals surface area (Å²) >= 11 is 0. The minimum absolute atomic E-state index is 0.326. The van der Waals surface area contributed by atoms with Gasteiger partial charge >= 0.3 is 6.09 Å². The molecule has 0 unspecified atom stereocenters. The molecule has 0 radical (unpaired) electrons. The smallest absolute Gasteiger partial charge is 0.351 e. The Morgan fingerprint density at radius 2 is 1.94 bits per heavy atom. The molecule has 0 bridgehead atoms. The van der Waals surface area contributed by atoms with Crippen LogP contribution in [-0.4, -0.2) is 61.9 Å². The largest absolute Gasteiger partial charge is 0.426 e. The lowest BCUT2D eigenvalue weighted by Crippen LogP contribution is -2.49. The van der Waals surface area contributed by atoms with Crippen LogP contribution in [0, 0.1) is 11.3 Å². The third kappa shape index (κ3) is 5.72. The fraction of sp³-hybridized carbons (Fsp3) is 0.458. The fourth-order valence-electron chi connectivity index (χ4n) is 4.08. The molecule has 1 saturated heterocycles. The Bertz CT molecular complexity index is 1170. The van der Waals surface area contributed by atoms with Gasteiger partial charge in [0.15, 0.2) is 0 Å². The SMILES string of the molecule is Cn1cnc(Cn2cc(CN3CCN(OC(=O)NC(C)(C)C)CC3)c3ccc(C#N)cc32)c1. The zero-order chi connectivity index (χ0) is 23.6. The Kier molecular flexibility index (Phi) is 6.40. The first kappa shape index (κ1) is 22.8. The van der Waals surface area contributed by atoms with E-state index >= 15 is 0 Å². The number of piperazine rings is 1. The lowest BCUT2D eigenvalue weighted by molar-refractivity contribution is -0.125. The van der Waals surface area contributed by atoms with E-state index in [1.807, 2.05) is 56.8 Å². The molecule has 1 aliphatic rings. The van der Waals surface area contributed by atoms with Gasteiger partial charge in [0.2, 0.25) is 0 Å². The first-order valence-electron chi connectivity index (χ1n) is 11.2. The van der Waals surface area contributed by atoms with Crippen molar-refractivity contribution in [1.29, 1.82) is 5.26 Å². The van der Waals surface area contributed by atoms with Gasteiger partial charge in [-0.15, -0.1) is 5.06 Å². The van der Waals surface area contributed by atoms with E-state index in [0.29, 0.717) is 25.2 Å². The number of nitriles is 1. The Balaban J connectivity index is 1.45. The number of rotatable bonds is 5. The monoisotopic (exact) mass is 449 g/mol. The molecule has 1 fully saturated rings. The number of imidazole rings is 1. The molecule has 3 heterocycles. The van der Waals surface area contributed by atoms with Crippen molar-refractivity contribution in [2.45, 2.75) is 39.4 Å². The number of carbonyl (C=O) groups excluding carboxylic acids is 1.